The molecule has 9 heteroatoms. The number of methoxy groups -OCH3 is 1. The predicted molar refractivity (Wildman–Crippen MR) is 126 cm³/mol. The van der Waals surface area contributed by atoms with Gasteiger partial charge in [0.25, 0.3) is 5.56 Å². The van der Waals surface area contributed by atoms with Gasteiger partial charge in [-0.25, -0.2) is 4.98 Å². The van der Waals surface area contributed by atoms with Crippen molar-refractivity contribution in [1.29, 1.82) is 0 Å². The summed E-state index contributed by atoms with van der Waals surface area (Å²) in [5, 5.41) is 5.56. The Hall–Kier alpha value is -2.81. The molecule has 0 spiro atoms. The molecule has 158 valence electrons. The Morgan fingerprint density at radius 1 is 1.23 bits per heavy atom. The van der Waals surface area contributed by atoms with Crippen LogP contribution in [-0.2, 0) is 11.3 Å². The molecule has 0 fully saturated rings. The number of benzene rings is 2. The van der Waals surface area contributed by atoms with E-state index in [0.717, 1.165) is 11.3 Å². The molecule has 0 aliphatic heterocycles. The quantitative estimate of drug-likeness (QED) is 0.317. The van der Waals surface area contributed by atoms with E-state index in [4.69, 9.17) is 16.3 Å². The van der Waals surface area contributed by atoms with Gasteiger partial charge in [0.1, 0.15) is 10.4 Å². The number of carbonyl (C=O) groups is 1. The third kappa shape index (κ3) is 4.76. The Balaban J connectivity index is 1.55. The summed E-state index contributed by atoms with van der Waals surface area (Å²) in [4.78, 5) is 30.2. The molecular formula is C22H18ClN3O3S2. The molecule has 6 nitrogen and oxygen atoms in total. The summed E-state index contributed by atoms with van der Waals surface area (Å²) in [6, 6.07) is 16.4. The van der Waals surface area contributed by atoms with Gasteiger partial charge in [-0.3, -0.25) is 14.2 Å². The van der Waals surface area contributed by atoms with Gasteiger partial charge < -0.3 is 10.1 Å². The van der Waals surface area contributed by atoms with Crippen LogP contribution in [-0.4, -0.2) is 28.3 Å². The lowest BCUT2D eigenvalue weighted by Crippen LogP contribution is -2.26. The number of halogens is 1. The van der Waals surface area contributed by atoms with E-state index < -0.39 is 0 Å². The zero-order chi connectivity index (χ0) is 21.8. The van der Waals surface area contributed by atoms with Crippen LogP contribution in [0.3, 0.4) is 0 Å². The smallest absolute Gasteiger partial charge is 0.276 e. The molecule has 0 unspecified atom stereocenters. The number of rotatable bonds is 7. The normalized spacial score (nSPS) is 10.9. The monoisotopic (exact) mass is 471 g/mol. The van der Waals surface area contributed by atoms with Crippen LogP contribution >= 0.6 is 34.7 Å². The van der Waals surface area contributed by atoms with Gasteiger partial charge in [0, 0.05) is 6.54 Å². The van der Waals surface area contributed by atoms with Crippen LogP contribution in [0.5, 0.6) is 5.75 Å². The Kier molecular flexibility index (Phi) is 6.60. The highest BCUT2D eigenvalue weighted by Gasteiger charge is 2.17. The molecule has 2 aromatic heterocycles. The molecule has 1 N–H and O–H groups in total. The van der Waals surface area contributed by atoms with Crippen LogP contribution in [0.15, 0.2) is 69.9 Å². The average Bonchev–Trinajstić information content (AvgIpc) is 3.26. The lowest BCUT2D eigenvalue weighted by Gasteiger charge is -2.13. The summed E-state index contributed by atoms with van der Waals surface area (Å²) in [6.45, 7) is 0.380. The van der Waals surface area contributed by atoms with Crippen LogP contribution in [0.1, 0.15) is 5.56 Å². The van der Waals surface area contributed by atoms with Gasteiger partial charge in [-0.2, -0.15) is 0 Å². The van der Waals surface area contributed by atoms with Gasteiger partial charge in [-0.1, -0.05) is 47.6 Å². The van der Waals surface area contributed by atoms with Crippen molar-refractivity contribution in [2.45, 2.75) is 11.7 Å². The van der Waals surface area contributed by atoms with Gasteiger partial charge in [-0.15, -0.1) is 11.3 Å². The first-order chi connectivity index (χ1) is 15.1. The highest BCUT2D eigenvalue weighted by atomic mass is 35.5. The largest absolute Gasteiger partial charge is 0.497 e. The first-order valence-corrected chi connectivity index (χ1v) is 11.6. The van der Waals surface area contributed by atoms with Crippen LogP contribution < -0.4 is 15.6 Å². The molecule has 4 aromatic rings. The maximum Gasteiger partial charge on any atom is 0.276 e. The molecule has 1 amide bonds. The fourth-order valence-electron chi connectivity index (χ4n) is 3.00. The van der Waals surface area contributed by atoms with Gasteiger partial charge >= 0.3 is 0 Å². The first-order valence-electron chi connectivity index (χ1n) is 9.34. The lowest BCUT2D eigenvalue weighted by molar-refractivity contribution is -0.118. The fourth-order valence-corrected chi connectivity index (χ4v) is 4.81. The topological polar surface area (TPSA) is 73.2 Å². The molecule has 0 saturated carbocycles. The Morgan fingerprint density at radius 3 is 2.87 bits per heavy atom. The molecule has 0 radical (unpaired) electrons. The Labute approximate surface area is 191 Å². The van der Waals surface area contributed by atoms with E-state index in [0.29, 0.717) is 32.6 Å². The minimum atomic E-state index is -0.201. The van der Waals surface area contributed by atoms with Crippen LogP contribution in [0, 0.1) is 0 Å². The third-order valence-electron chi connectivity index (χ3n) is 4.50. The summed E-state index contributed by atoms with van der Waals surface area (Å²) in [6.07, 6.45) is 0. The summed E-state index contributed by atoms with van der Waals surface area (Å²) in [5.74, 6) is 0.674. The van der Waals surface area contributed by atoms with Crippen molar-refractivity contribution >= 4 is 50.8 Å². The van der Waals surface area contributed by atoms with Crippen molar-refractivity contribution in [2.24, 2.45) is 0 Å². The van der Waals surface area contributed by atoms with E-state index in [9.17, 15) is 9.59 Å². The molecule has 0 atom stereocenters. The number of thioether (sulfide) groups is 1. The van der Waals surface area contributed by atoms with Crippen molar-refractivity contribution in [1.82, 2.24) is 14.9 Å². The maximum atomic E-state index is 13.1. The SMILES string of the molecule is COc1cccc(CNC(=O)CSc2nc3ccsc3c(=O)n2-c2ccccc2Cl)c1. The predicted octanol–water partition coefficient (Wildman–Crippen LogP) is 4.52. The second kappa shape index (κ2) is 9.55. The second-order valence-corrected chi connectivity index (χ2v) is 8.80. The maximum absolute atomic E-state index is 13.1. The summed E-state index contributed by atoms with van der Waals surface area (Å²) in [5.41, 5.74) is 1.88. The number of ether oxygens (including phenoxy) is 1. The summed E-state index contributed by atoms with van der Waals surface area (Å²) >= 11 is 8.88. The number of amides is 1. The molecule has 0 saturated heterocycles. The van der Waals surface area contributed by atoms with Gasteiger partial charge in [-0.05, 0) is 41.3 Å². The standard InChI is InChI=1S/C22H18ClN3O3S2/c1-29-15-6-4-5-14(11-15)12-24-19(27)13-31-22-25-17-9-10-30-20(17)21(28)26(22)18-8-3-2-7-16(18)23/h2-11H,12-13H2,1H3,(H,24,27). The lowest BCUT2D eigenvalue weighted by atomic mass is 10.2. The zero-order valence-electron chi connectivity index (χ0n) is 16.5. The zero-order valence-corrected chi connectivity index (χ0v) is 18.9. The molecular weight excluding hydrogens is 454 g/mol. The molecule has 0 aliphatic carbocycles. The highest BCUT2D eigenvalue weighted by molar-refractivity contribution is 7.99. The van der Waals surface area contributed by atoms with E-state index in [-0.39, 0.29) is 17.2 Å². The number of aromatic nitrogens is 2. The number of hydrogen-bond acceptors (Lipinski definition) is 6. The molecule has 4 rings (SSSR count). The number of nitrogens with one attached hydrogen (secondary N) is 1. The highest BCUT2D eigenvalue weighted by Crippen LogP contribution is 2.27. The summed E-state index contributed by atoms with van der Waals surface area (Å²) < 4.78 is 7.23. The molecule has 0 bridgehead atoms. The van der Waals surface area contributed by atoms with Crippen LogP contribution in [0.25, 0.3) is 15.9 Å². The first kappa shape index (κ1) is 21.4. The molecule has 2 aromatic carbocycles. The second-order valence-electron chi connectivity index (χ2n) is 6.54. The van der Waals surface area contributed by atoms with Crippen LogP contribution in [0.4, 0.5) is 0 Å². The van der Waals surface area contributed by atoms with Crippen molar-refractivity contribution < 1.29 is 9.53 Å². The van der Waals surface area contributed by atoms with E-state index in [1.54, 1.807) is 31.4 Å². The van der Waals surface area contributed by atoms with E-state index >= 15 is 0 Å². The molecule has 0 aliphatic rings. The number of fused-ring (bicyclic) bond motifs is 1. The fraction of sp³-hybridized carbons (Fsp3) is 0.136. The number of nitrogens with zero attached hydrogens (tertiary/aromatic N) is 2. The van der Waals surface area contributed by atoms with Gasteiger partial charge in [0.15, 0.2) is 5.16 Å². The Bertz CT molecular complexity index is 1300. The summed E-state index contributed by atoms with van der Waals surface area (Å²) in [7, 11) is 1.60. The average molecular weight is 472 g/mol. The number of para-hydroxylation sites is 1. The van der Waals surface area contributed by atoms with E-state index in [1.165, 1.54) is 27.7 Å². The Morgan fingerprint density at radius 2 is 2.06 bits per heavy atom. The van der Waals surface area contributed by atoms with Crippen molar-refractivity contribution in [3.63, 3.8) is 0 Å². The minimum absolute atomic E-state index is 0.108. The number of thiophene rings is 1. The van der Waals surface area contributed by atoms with Crippen molar-refractivity contribution in [3.05, 3.63) is 80.9 Å². The minimum Gasteiger partial charge on any atom is -0.497 e. The molecule has 2 heterocycles. The molecule has 31 heavy (non-hydrogen) atoms. The number of carbonyl (C=O) groups excluding carboxylic acids is 1. The van der Waals surface area contributed by atoms with Crippen LogP contribution in [0.2, 0.25) is 5.02 Å². The van der Waals surface area contributed by atoms with Crippen molar-refractivity contribution in [2.75, 3.05) is 12.9 Å². The van der Waals surface area contributed by atoms with E-state index in [2.05, 4.69) is 10.3 Å². The number of hydrogen-bond donors (Lipinski definition) is 1. The third-order valence-corrected chi connectivity index (χ3v) is 6.65. The van der Waals surface area contributed by atoms with Gasteiger partial charge in [0.05, 0.1) is 29.1 Å². The van der Waals surface area contributed by atoms with Gasteiger partial charge in [0.2, 0.25) is 5.91 Å². The van der Waals surface area contributed by atoms with Crippen molar-refractivity contribution in [3.8, 4) is 11.4 Å². The van der Waals surface area contributed by atoms with E-state index in [1.807, 2.05) is 35.7 Å².